The van der Waals surface area contributed by atoms with Gasteiger partial charge in [0.05, 0.1) is 11.9 Å². The third-order valence-corrected chi connectivity index (χ3v) is 4.49. The number of benzene rings is 3. The fraction of sp³-hybridized carbons (Fsp3) is 0.0417. The van der Waals surface area contributed by atoms with E-state index in [9.17, 15) is 9.90 Å². The maximum Gasteiger partial charge on any atom is 0.289 e. The Morgan fingerprint density at radius 2 is 1.77 bits per heavy atom. The van der Waals surface area contributed by atoms with Gasteiger partial charge >= 0.3 is 0 Å². The summed E-state index contributed by atoms with van der Waals surface area (Å²) in [5, 5.41) is 20.1. The number of carbonyl (C=O) groups is 1. The molecule has 0 saturated carbocycles. The predicted octanol–water partition coefficient (Wildman–Crippen LogP) is 4.13. The maximum absolute atomic E-state index is 12.3. The van der Waals surface area contributed by atoms with Gasteiger partial charge in [0, 0.05) is 5.56 Å². The van der Waals surface area contributed by atoms with Gasteiger partial charge in [-0.15, -0.1) is 0 Å². The van der Waals surface area contributed by atoms with E-state index in [1.54, 1.807) is 30.3 Å². The molecule has 4 rings (SSSR count). The van der Waals surface area contributed by atoms with Crippen molar-refractivity contribution in [1.29, 1.82) is 0 Å². The summed E-state index contributed by atoms with van der Waals surface area (Å²) in [5.74, 6) is 0.517. The number of phenolic OH excluding ortho intramolecular Hbond substituents is 1. The van der Waals surface area contributed by atoms with Crippen molar-refractivity contribution in [2.75, 3.05) is 0 Å². The number of amides is 1. The lowest BCUT2D eigenvalue weighted by Gasteiger charge is -2.06. The summed E-state index contributed by atoms with van der Waals surface area (Å²) in [7, 11) is 0. The lowest BCUT2D eigenvalue weighted by atomic mass is 10.1. The van der Waals surface area contributed by atoms with Crippen LogP contribution in [0.4, 0.5) is 0 Å². The summed E-state index contributed by atoms with van der Waals surface area (Å²) >= 11 is 0. The van der Waals surface area contributed by atoms with Crippen molar-refractivity contribution in [2.24, 2.45) is 5.10 Å². The summed E-state index contributed by atoms with van der Waals surface area (Å²) in [6.07, 6.45) is 1.49. The molecule has 7 heteroatoms. The smallest absolute Gasteiger partial charge is 0.289 e. The van der Waals surface area contributed by atoms with Crippen molar-refractivity contribution >= 4 is 12.1 Å². The van der Waals surface area contributed by atoms with Crippen LogP contribution in [0.25, 0.3) is 11.3 Å². The number of aromatic hydroxyl groups is 1. The second kappa shape index (κ2) is 9.41. The Bertz CT molecular complexity index is 1170. The molecule has 7 nitrogen and oxygen atoms in total. The van der Waals surface area contributed by atoms with Gasteiger partial charge in [-0.1, -0.05) is 30.3 Å². The van der Waals surface area contributed by atoms with Crippen LogP contribution >= 0.6 is 0 Å². The van der Waals surface area contributed by atoms with Gasteiger partial charge in [-0.25, -0.2) is 5.43 Å². The molecule has 0 saturated heterocycles. The quantitative estimate of drug-likeness (QED) is 0.314. The van der Waals surface area contributed by atoms with Gasteiger partial charge in [0.1, 0.15) is 23.8 Å². The number of nitrogens with one attached hydrogen (secondary N) is 2. The lowest BCUT2D eigenvalue weighted by molar-refractivity contribution is 0.0950. The van der Waals surface area contributed by atoms with Crippen molar-refractivity contribution in [3.05, 3.63) is 102 Å². The van der Waals surface area contributed by atoms with Gasteiger partial charge in [0.2, 0.25) is 0 Å². The van der Waals surface area contributed by atoms with Gasteiger partial charge in [-0.05, 0) is 65.7 Å². The molecule has 0 unspecified atom stereocenters. The largest absolute Gasteiger partial charge is 0.508 e. The maximum atomic E-state index is 12.3. The van der Waals surface area contributed by atoms with Crippen molar-refractivity contribution in [3.63, 3.8) is 0 Å². The number of aromatic nitrogens is 2. The normalized spacial score (nSPS) is 10.8. The Kier molecular flexibility index (Phi) is 6.04. The minimum absolute atomic E-state index is 0.168. The first-order chi connectivity index (χ1) is 15.2. The molecule has 0 bridgehead atoms. The number of hydrazone groups is 1. The zero-order valence-corrected chi connectivity index (χ0v) is 16.5. The highest BCUT2D eigenvalue weighted by atomic mass is 16.5. The van der Waals surface area contributed by atoms with Crippen molar-refractivity contribution in [1.82, 2.24) is 15.6 Å². The summed E-state index contributed by atoms with van der Waals surface area (Å²) in [5.41, 5.74) is 6.08. The minimum Gasteiger partial charge on any atom is -0.508 e. The zero-order valence-electron chi connectivity index (χ0n) is 16.5. The van der Waals surface area contributed by atoms with E-state index in [4.69, 9.17) is 4.74 Å². The Labute approximate surface area is 179 Å². The molecule has 0 spiro atoms. The second-order valence-corrected chi connectivity index (χ2v) is 6.76. The molecule has 0 aliphatic rings. The molecule has 1 amide bonds. The number of nitrogens with zero attached hydrogens (tertiary/aromatic N) is 2. The number of carbonyl (C=O) groups excluding carboxylic acids is 1. The van der Waals surface area contributed by atoms with E-state index < -0.39 is 5.91 Å². The van der Waals surface area contributed by atoms with Gasteiger partial charge in [-0.2, -0.15) is 10.2 Å². The monoisotopic (exact) mass is 412 g/mol. The summed E-state index contributed by atoms with van der Waals surface area (Å²) in [6, 6.07) is 25.6. The molecule has 1 heterocycles. The fourth-order valence-electron chi connectivity index (χ4n) is 2.83. The molecule has 3 aromatic carbocycles. The molecule has 3 N–H and O–H groups in total. The topological polar surface area (TPSA) is 99.6 Å². The van der Waals surface area contributed by atoms with Gasteiger partial charge in [-0.3, -0.25) is 9.89 Å². The predicted molar refractivity (Wildman–Crippen MR) is 118 cm³/mol. The first-order valence-corrected chi connectivity index (χ1v) is 9.62. The van der Waals surface area contributed by atoms with Crippen molar-refractivity contribution < 1.29 is 14.6 Å². The Morgan fingerprint density at radius 1 is 1.03 bits per heavy atom. The molecule has 0 radical (unpaired) electrons. The number of hydrogen-bond donors (Lipinski definition) is 3. The summed E-state index contributed by atoms with van der Waals surface area (Å²) < 4.78 is 5.79. The van der Waals surface area contributed by atoms with Crippen molar-refractivity contribution in [2.45, 2.75) is 6.61 Å². The average molecular weight is 412 g/mol. The molecule has 0 aliphatic heterocycles. The molecule has 0 atom stereocenters. The third-order valence-electron chi connectivity index (χ3n) is 4.49. The van der Waals surface area contributed by atoms with E-state index in [1.165, 1.54) is 6.21 Å². The van der Waals surface area contributed by atoms with Gasteiger partial charge in [0.25, 0.3) is 5.91 Å². The van der Waals surface area contributed by atoms with E-state index in [2.05, 4.69) is 20.7 Å². The highest BCUT2D eigenvalue weighted by Crippen LogP contribution is 2.22. The highest BCUT2D eigenvalue weighted by molar-refractivity contribution is 5.94. The number of ether oxygens (including phenoxy) is 1. The van der Waals surface area contributed by atoms with Crippen LogP contribution in [0.3, 0.4) is 0 Å². The fourth-order valence-corrected chi connectivity index (χ4v) is 2.83. The second-order valence-electron chi connectivity index (χ2n) is 6.76. The molecule has 1 aromatic heterocycles. The Hall–Kier alpha value is -4.39. The van der Waals surface area contributed by atoms with Gasteiger partial charge < -0.3 is 9.84 Å². The van der Waals surface area contributed by atoms with E-state index in [-0.39, 0.29) is 5.75 Å². The number of aromatic amines is 1. The molecular formula is C24H20N4O3. The first kappa shape index (κ1) is 19.9. The summed E-state index contributed by atoms with van der Waals surface area (Å²) in [6.45, 7) is 0.498. The molecule has 4 aromatic rings. The zero-order chi connectivity index (χ0) is 21.5. The number of H-pyrrole nitrogens is 1. The molecule has 31 heavy (non-hydrogen) atoms. The molecule has 0 aliphatic carbocycles. The first-order valence-electron chi connectivity index (χ1n) is 9.62. The number of phenols is 1. The van der Waals surface area contributed by atoms with E-state index in [1.807, 2.05) is 54.6 Å². The number of rotatable bonds is 7. The minimum atomic E-state index is -0.406. The third kappa shape index (κ3) is 5.36. The SMILES string of the molecule is O=C(N/N=C/c1ccc(O)cc1)c1cc(-c2ccc(OCc3ccccc3)cc2)n[nH]1. The van der Waals surface area contributed by atoms with E-state index in [0.717, 1.165) is 22.4 Å². The summed E-state index contributed by atoms with van der Waals surface area (Å²) in [4.78, 5) is 12.3. The van der Waals surface area contributed by atoms with Gasteiger partial charge in [0.15, 0.2) is 0 Å². The molecule has 0 fully saturated rings. The van der Waals surface area contributed by atoms with Crippen LogP contribution in [0, 0.1) is 0 Å². The Morgan fingerprint density at radius 3 is 2.52 bits per heavy atom. The van der Waals surface area contributed by atoms with Crippen LogP contribution < -0.4 is 10.2 Å². The van der Waals surface area contributed by atoms with Crippen LogP contribution in [-0.2, 0) is 6.61 Å². The average Bonchev–Trinajstić information content (AvgIpc) is 3.30. The number of hydrogen-bond acceptors (Lipinski definition) is 5. The van der Waals surface area contributed by atoms with Crippen molar-refractivity contribution in [3.8, 4) is 22.8 Å². The van der Waals surface area contributed by atoms with E-state index >= 15 is 0 Å². The standard InChI is InChI=1S/C24H20N4O3/c29-20-10-6-17(7-11-20)15-25-28-24(30)23-14-22(26-27-23)19-8-12-21(13-9-19)31-16-18-4-2-1-3-5-18/h1-15,29H,16H2,(H,26,27)(H,28,30)/b25-15+. The van der Waals surface area contributed by atoms with E-state index in [0.29, 0.717) is 18.0 Å². The molecule has 154 valence electrons. The van der Waals surface area contributed by atoms with Crippen LogP contribution in [-0.4, -0.2) is 27.4 Å². The van der Waals surface area contributed by atoms with Crippen LogP contribution in [0.1, 0.15) is 21.6 Å². The Balaban J connectivity index is 1.34. The van der Waals surface area contributed by atoms with Crippen LogP contribution in [0.5, 0.6) is 11.5 Å². The van der Waals surface area contributed by atoms with Crippen LogP contribution in [0.15, 0.2) is 90.0 Å². The van der Waals surface area contributed by atoms with Crippen LogP contribution in [0.2, 0.25) is 0 Å². The lowest BCUT2D eigenvalue weighted by Crippen LogP contribution is -2.17. The molecular weight excluding hydrogens is 392 g/mol. The highest BCUT2D eigenvalue weighted by Gasteiger charge is 2.10.